The number of hydrogen-bond acceptors (Lipinski definition) is 3. The fourth-order valence-corrected chi connectivity index (χ4v) is 7.21. The molecule has 0 bridgehead atoms. The molecule has 0 amide bonds. The molecule has 0 fully saturated rings. The van der Waals surface area contributed by atoms with E-state index in [0.717, 1.165) is 39.7 Å². The largest absolute Gasteiger partial charge is 0.310 e. The van der Waals surface area contributed by atoms with E-state index in [-0.39, 0.29) is 0 Å². The Hall–Kier alpha value is -5.64. The number of hydrogen-bond donors (Lipinski definition) is 0. The van der Waals surface area contributed by atoms with Gasteiger partial charge in [0.1, 0.15) is 0 Å². The van der Waals surface area contributed by atoms with Gasteiger partial charge in [0.05, 0.1) is 0 Å². The number of thiophene rings is 1. The predicted octanol–water partition coefficient (Wildman–Crippen LogP) is 12.7. The third kappa shape index (κ3) is 5.24. The van der Waals surface area contributed by atoms with Gasteiger partial charge in [-0.15, -0.1) is 11.3 Å². The fourth-order valence-electron chi connectivity index (χ4n) is 6.13. The molecule has 1 aromatic heterocycles. The Morgan fingerprint density at radius 1 is 0.289 bits per heavy atom. The maximum Gasteiger partial charge on any atom is 0.0488 e. The molecule has 0 saturated heterocycles. The highest BCUT2D eigenvalue weighted by atomic mass is 32.1. The Morgan fingerprint density at radius 2 is 0.711 bits per heavy atom. The zero-order chi connectivity index (χ0) is 30.0. The van der Waals surface area contributed by atoms with E-state index < -0.39 is 0 Å². The zero-order valence-electron chi connectivity index (χ0n) is 24.6. The molecule has 2 nitrogen and oxygen atoms in total. The Balaban J connectivity index is 1.40. The molecule has 8 rings (SSSR count). The molecule has 0 aliphatic carbocycles. The maximum atomic E-state index is 2.36. The van der Waals surface area contributed by atoms with Crippen LogP contribution >= 0.6 is 11.3 Å². The van der Waals surface area contributed by atoms with Gasteiger partial charge in [0, 0.05) is 54.3 Å². The average Bonchev–Trinajstić information content (AvgIpc) is 3.48. The molecule has 3 heteroatoms. The maximum absolute atomic E-state index is 2.36. The standard InChI is InChI=1S/C42H30N2S/c1-5-15-33(16-6-1)43(34-17-7-2-8-18-34)37-27-32(31-25-26-42-40(29-31)39-23-13-14-24-41(39)45-42)28-38(30-37)44(35-19-9-3-10-20-35)36-21-11-4-12-22-36/h1-30H. The Morgan fingerprint density at radius 3 is 1.20 bits per heavy atom. The van der Waals surface area contributed by atoms with Crippen LogP contribution < -0.4 is 9.80 Å². The van der Waals surface area contributed by atoms with Crippen LogP contribution in [0.3, 0.4) is 0 Å². The molecular weight excluding hydrogens is 565 g/mol. The minimum absolute atomic E-state index is 1.09. The number of rotatable bonds is 7. The van der Waals surface area contributed by atoms with Crippen molar-refractivity contribution >= 4 is 65.6 Å². The summed E-state index contributed by atoms with van der Waals surface area (Å²) in [6.07, 6.45) is 0. The highest BCUT2D eigenvalue weighted by Crippen LogP contribution is 2.44. The number of para-hydroxylation sites is 4. The van der Waals surface area contributed by atoms with Crippen molar-refractivity contribution in [1.82, 2.24) is 0 Å². The molecule has 0 aliphatic rings. The molecule has 7 aromatic carbocycles. The summed E-state index contributed by atoms with van der Waals surface area (Å²) in [5.74, 6) is 0. The van der Waals surface area contributed by atoms with Crippen LogP contribution in [0.4, 0.5) is 34.1 Å². The summed E-state index contributed by atoms with van der Waals surface area (Å²) in [5, 5.41) is 2.60. The SMILES string of the molecule is c1ccc(N(c2ccccc2)c2cc(-c3ccc4sc5ccccc5c4c3)cc(N(c3ccccc3)c3ccccc3)c2)cc1. The second kappa shape index (κ2) is 11.8. The van der Waals surface area contributed by atoms with E-state index in [1.54, 1.807) is 0 Å². The first kappa shape index (κ1) is 26.9. The minimum Gasteiger partial charge on any atom is -0.310 e. The Bertz CT molecular complexity index is 2030. The van der Waals surface area contributed by atoms with Crippen LogP contribution in [0.15, 0.2) is 182 Å². The lowest BCUT2D eigenvalue weighted by atomic mass is 10.00. The van der Waals surface area contributed by atoms with Gasteiger partial charge in [-0.2, -0.15) is 0 Å². The van der Waals surface area contributed by atoms with E-state index in [1.165, 1.54) is 25.7 Å². The second-order valence-electron chi connectivity index (χ2n) is 11.1. The van der Waals surface area contributed by atoms with Crippen LogP contribution in [0.5, 0.6) is 0 Å². The number of fused-ring (bicyclic) bond motifs is 3. The molecule has 0 spiro atoms. The van der Waals surface area contributed by atoms with Crippen LogP contribution in [0.2, 0.25) is 0 Å². The molecule has 214 valence electrons. The van der Waals surface area contributed by atoms with Crippen molar-refractivity contribution in [2.24, 2.45) is 0 Å². The molecular formula is C42H30N2S. The van der Waals surface area contributed by atoms with Gasteiger partial charge in [0.25, 0.3) is 0 Å². The first-order chi connectivity index (χ1) is 22.3. The van der Waals surface area contributed by atoms with E-state index >= 15 is 0 Å². The molecule has 0 saturated carbocycles. The Kier molecular flexibility index (Phi) is 7.07. The van der Waals surface area contributed by atoms with E-state index in [0.29, 0.717) is 0 Å². The number of benzene rings is 7. The van der Waals surface area contributed by atoms with Gasteiger partial charge in [0.15, 0.2) is 0 Å². The highest BCUT2D eigenvalue weighted by molar-refractivity contribution is 7.25. The summed E-state index contributed by atoms with van der Waals surface area (Å²) in [6, 6.07) is 65.1. The van der Waals surface area contributed by atoms with E-state index in [9.17, 15) is 0 Å². The summed E-state index contributed by atoms with van der Waals surface area (Å²) < 4.78 is 2.62. The normalized spacial score (nSPS) is 11.1. The van der Waals surface area contributed by atoms with E-state index in [4.69, 9.17) is 0 Å². The van der Waals surface area contributed by atoms with Crippen LogP contribution in [0.1, 0.15) is 0 Å². The third-order valence-corrected chi connectivity index (χ3v) is 9.34. The van der Waals surface area contributed by atoms with Crippen molar-refractivity contribution in [3.8, 4) is 11.1 Å². The van der Waals surface area contributed by atoms with Crippen molar-refractivity contribution in [2.75, 3.05) is 9.80 Å². The summed E-state index contributed by atoms with van der Waals surface area (Å²) in [7, 11) is 0. The number of nitrogens with zero attached hydrogens (tertiary/aromatic N) is 2. The lowest BCUT2D eigenvalue weighted by Gasteiger charge is -2.30. The fraction of sp³-hybridized carbons (Fsp3) is 0. The second-order valence-corrected chi connectivity index (χ2v) is 12.1. The number of anilines is 6. The van der Waals surface area contributed by atoms with Crippen molar-refractivity contribution in [3.63, 3.8) is 0 Å². The Labute approximate surface area is 267 Å². The third-order valence-electron chi connectivity index (χ3n) is 8.19. The van der Waals surface area contributed by atoms with Gasteiger partial charge in [-0.05, 0) is 96.1 Å². The van der Waals surface area contributed by atoms with Crippen LogP contribution in [-0.4, -0.2) is 0 Å². The smallest absolute Gasteiger partial charge is 0.0488 e. The van der Waals surface area contributed by atoms with Crippen LogP contribution in [0.25, 0.3) is 31.3 Å². The van der Waals surface area contributed by atoms with Gasteiger partial charge in [-0.1, -0.05) is 97.1 Å². The van der Waals surface area contributed by atoms with E-state index in [1.807, 2.05) is 11.3 Å². The molecule has 45 heavy (non-hydrogen) atoms. The molecule has 0 N–H and O–H groups in total. The van der Waals surface area contributed by atoms with Crippen LogP contribution in [-0.2, 0) is 0 Å². The van der Waals surface area contributed by atoms with Gasteiger partial charge in [-0.25, -0.2) is 0 Å². The lowest BCUT2D eigenvalue weighted by Crippen LogP contribution is -2.13. The monoisotopic (exact) mass is 594 g/mol. The zero-order valence-corrected chi connectivity index (χ0v) is 25.4. The van der Waals surface area contributed by atoms with Crippen LogP contribution in [0, 0.1) is 0 Å². The first-order valence-corrected chi connectivity index (χ1v) is 16.0. The predicted molar refractivity (Wildman–Crippen MR) is 194 cm³/mol. The van der Waals surface area contributed by atoms with E-state index in [2.05, 4.69) is 192 Å². The van der Waals surface area contributed by atoms with Gasteiger partial charge in [-0.3, -0.25) is 0 Å². The molecule has 0 radical (unpaired) electrons. The summed E-state index contributed by atoms with van der Waals surface area (Å²) >= 11 is 1.85. The van der Waals surface area contributed by atoms with Gasteiger partial charge in [0.2, 0.25) is 0 Å². The summed E-state index contributed by atoms with van der Waals surface area (Å²) in [5.41, 5.74) is 8.96. The molecule has 0 atom stereocenters. The van der Waals surface area contributed by atoms with Crippen molar-refractivity contribution in [1.29, 1.82) is 0 Å². The highest BCUT2D eigenvalue weighted by Gasteiger charge is 2.19. The van der Waals surface area contributed by atoms with Crippen molar-refractivity contribution in [2.45, 2.75) is 0 Å². The van der Waals surface area contributed by atoms with Crippen molar-refractivity contribution < 1.29 is 0 Å². The average molecular weight is 595 g/mol. The summed E-state index contributed by atoms with van der Waals surface area (Å²) in [4.78, 5) is 4.69. The lowest BCUT2D eigenvalue weighted by molar-refractivity contribution is 1.25. The van der Waals surface area contributed by atoms with Gasteiger partial charge < -0.3 is 9.80 Å². The van der Waals surface area contributed by atoms with Gasteiger partial charge >= 0.3 is 0 Å². The molecule has 1 heterocycles. The topological polar surface area (TPSA) is 6.48 Å². The minimum atomic E-state index is 1.09. The molecule has 0 unspecified atom stereocenters. The molecule has 8 aromatic rings. The molecule has 0 aliphatic heterocycles. The van der Waals surface area contributed by atoms with Crippen molar-refractivity contribution in [3.05, 3.63) is 182 Å². The quantitative estimate of drug-likeness (QED) is 0.181. The summed E-state index contributed by atoms with van der Waals surface area (Å²) in [6.45, 7) is 0. The first-order valence-electron chi connectivity index (χ1n) is 15.2.